The molecule has 1 fully saturated rings. The molecule has 1 aliphatic heterocycles. The maximum absolute atomic E-state index is 12.4. The minimum absolute atomic E-state index is 0.0421. The SMILES string of the molecule is O=C(CCc1nc2ccccc2o1)Nc1ccc(N2CCN(Cc3ccccc3)CC2)cc1. The minimum atomic E-state index is -0.0421. The van der Waals surface area contributed by atoms with Gasteiger partial charge in [0.2, 0.25) is 5.91 Å². The highest BCUT2D eigenvalue weighted by molar-refractivity contribution is 5.91. The molecule has 6 nitrogen and oxygen atoms in total. The number of benzene rings is 3. The average Bonchev–Trinajstić information content (AvgIpc) is 3.28. The van der Waals surface area contributed by atoms with Gasteiger partial charge in [-0.25, -0.2) is 4.98 Å². The molecule has 3 aromatic carbocycles. The summed E-state index contributed by atoms with van der Waals surface area (Å²) in [5, 5.41) is 2.98. The van der Waals surface area contributed by atoms with Gasteiger partial charge in [0.05, 0.1) is 0 Å². The predicted molar refractivity (Wildman–Crippen MR) is 131 cm³/mol. The van der Waals surface area contributed by atoms with Crippen LogP contribution in [0.4, 0.5) is 11.4 Å². The highest BCUT2D eigenvalue weighted by Crippen LogP contribution is 2.21. The molecule has 1 aliphatic rings. The molecule has 0 spiro atoms. The summed E-state index contributed by atoms with van der Waals surface area (Å²) >= 11 is 0. The molecule has 1 N–H and O–H groups in total. The second-order valence-electron chi connectivity index (χ2n) is 8.42. The zero-order valence-electron chi connectivity index (χ0n) is 18.6. The number of oxazole rings is 1. The van der Waals surface area contributed by atoms with Gasteiger partial charge in [0.1, 0.15) is 5.52 Å². The molecule has 0 atom stereocenters. The standard InChI is InChI=1S/C27H28N4O2/c32-26(14-15-27-29-24-8-4-5-9-25(24)33-27)28-22-10-12-23(13-11-22)31-18-16-30(17-19-31)20-21-6-2-1-3-7-21/h1-13H,14-20H2,(H,28,32). The van der Waals surface area contributed by atoms with E-state index >= 15 is 0 Å². The molecule has 6 heteroatoms. The van der Waals surface area contributed by atoms with Crippen molar-refractivity contribution in [1.82, 2.24) is 9.88 Å². The number of amides is 1. The van der Waals surface area contributed by atoms with E-state index in [1.165, 1.54) is 11.3 Å². The second-order valence-corrected chi connectivity index (χ2v) is 8.42. The van der Waals surface area contributed by atoms with Crippen LogP contribution in [0.3, 0.4) is 0 Å². The summed E-state index contributed by atoms with van der Waals surface area (Å²) in [6, 6.07) is 26.4. The molecule has 33 heavy (non-hydrogen) atoms. The Morgan fingerprint density at radius 3 is 2.36 bits per heavy atom. The van der Waals surface area contributed by atoms with Gasteiger partial charge in [0, 0.05) is 56.9 Å². The number of nitrogens with zero attached hydrogens (tertiary/aromatic N) is 3. The summed E-state index contributed by atoms with van der Waals surface area (Å²) in [6.07, 6.45) is 0.809. The number of anilines is 2. The Bertz CT molecular complexity index is 1160. The van der Waals surface area contributed by atoms with Crippen LogP contribution < -0.4 is 10.2 Å². The first-order valence-electron chi connectivity index (χ1n) is 11.5. The quantitative estimate of drug-likeness (QED) is 0.451. The normalized spacial score (nSPS) is 14.5. The third-order valence-corrected chi connectivity index (χ3v) is 6.04. The van der Waals surface area contributed by atoms with Crippen LogP contribution in [-0.4, -0.2) is 42.0 Å². The van der Waals surface area contributed by atoms with E-state index in [0.29, 0.717) is 18.7 Å². The van der Waals surface area contributed by atoms with Crippen LogP contribution in [0.1, 0.15) is 17.9 Å². The van der Waals surface area contributed by atoms with Crippen LogP contribution in [0.25, 0.3) is 11.1 Å². The molecular weight excluding hydrogens is 412 g/mol. The van der Waals surface area contributed by atoms with Crippen LogP contribution in [0.15, 0.2) is 83.3 Å². The highest BCUT2D eigenvalue weighted by Gasteiger charge is 2.17. The van der Waals surface area contributed by atoms with E-state index in [0.717, 1.165) is 49.5 Å². The van der Waals surface area contributed by atoms with Gasteiger partial charge in [0.15, 0.2) is 11.5 Å². The number of hydrogen-bond acceptors (Lipinski definition) is 5. The summed E-state index contributed by atoms with van der Waals surface area (Å²) in [5.41, 5.74) is 4.94. The Hall–Kier alpha value is -3.64. The van der Waals surface area contributed by atoms with Gasteiger partial charge < -0.3 is 14.6 Å². The predicted octanol–water partition coefficient (Wildman–Crippen LogP) is 4.72. The van der Waals surface area contributed by atoms with Gasteiger partial charge in [0.25, 0.3) is 0 Å². The first kappa shape index (κ1) is 21.2. The molecule has 1 saturated heterocycles. The molecule has 1 amide bonds. The van der Waals surface area contributed by atoms with Crippen molar-refractivity contribution in [2.45, 2.75) is 19.4 Å². The van der Waals surface area contributed by atoms with Crippen molar-refractivity contribution in [3.63, 3.8) is 0 Å². The van der Waals surface area contributed by atoms with Gasteiger partial charge in [-0.1, -0.05) is 42.5 Å². The number of hydrogen-bond donors (Lipinski definition) is 1. The number of aryl methyl sites for hydroxylation is 1. The van der Waals surface area contributed by atoms with E-state index < -0.39 is 0 Å². The van der Waals surface area contributed by atoms with Gasteiger partial charge >= 0.3 is 0 Å². The van der Waals surface area contributed by atoms with Crippen molar-refractivity contribution < 1.29 is 9.21 Å². The number of para-hydroxylation sites is 2. The van der Waals surface area contributed by atoms with Crippen LogP contribution in [0.5, 0.6) is 0 Å². The first-order valence-corrected chi connectivity index (χ1v) is 11.5. The Kier molecular flexibility index (Phi) is 6.35. The van der Waals surface area contributed by atoms with Crippen molar-refractivity contribution in [2.24, 2.45) is 0 Å². The van der Waals surface area contributed by atoms with E-state index in [-0.39, 0.29) is 5.91 Å². The van der Waals surface area contributed by atoms with Gasteiger partial charge in [-0.05, 0) is 42.0 Å². The lowest BCUT2D eigenvalue weighted by Crippen LogP contribution is -2.45. The number of nitrogens with one attached hydrogen (secondary N) is 1. The fourth-order valence-electron chi connectivity index (χ4n) is 4.23. The molecule has 0 aliphatic carbocycles. The number of aromatic nitrogens is 1. The number of rotatable bonds is 7. The highest BCUT2D eigenvalue weighted by atomic mass is 16.3. The van der Waals surface area contributed by atoms with E-state index in [1.54, 1.807) is 0 Å². The molecule has 2 heterocycles. The summed E-state index contributed by atoms with van der Waals surface area (Å²) in [7, 11) is 0. The second kappa shape index (κ2) is 9.88. The Labute approximate surface area is 193 Å². The molecule has 0 radical (unpaired) electrons. The molecule has 4 aromatic rings. The fourth-order valence-corrected chi connectivity index (χ4v) is 4.23. The van der Waals surface area contributed by atoms with Crippen LogP contribution in [-0.2, 0) is 17.8 Å². The average molecular weight is 441 g/mol. The number of carbonyl (C=O) groups excluding carboxylic acids is 1. The molecule has 0 saturated carbocycles. The van der Waals surface area contributed by atoms with E-state index in [9.17, 15) is 4.79 Å². The van der Waals surface area contributed by atoms with Crippen molar-refractivity contribution in [3.05, 3.63) is 90.3 Å². The molecular formula is C27H28N4O2. The smallest absolute Gasteiger partial charge is 0.224 e. The maximum Gasteiger partial charge on any atom is 0.224 e. The fraction of sp³-hybridized carbons (Fsp3) is 0.259. The van der Waals surface area contributed by atoms with E-state index in [1.807, 2.05) is 36.4 Å². The van der Waals surface area contributed by atoms with Crippen LogP contribution in [0, 0.1) is 0 Å². The zero-order valence-corrected chi connectivity index (χ0v) is 18.6. The van der Waals surface area contributed by atoms with Crippen molar-refractivity contribution in [3.8, 4) is 0 Å². The molecule has 1 aromatic heterocycles. The van der Waals surface area contributed by atoms with Crippen molar-refractivity contribution in [2.75, 3.05) is 36.4 Å². The zero-order chi connectivity index (χ0) is 22.5. The summed E-state index contributed by atoms with van der Waals surface area (Å²) in [5.74, 6) is 0.549. The number of fused-ring (bicyclic) bond motifs is 1. The van der Waals surface area contributed by atoms with Gasteiger partial charge in [-0.15, -0.1) is 0 Å². The third-order valence-electron chi connectivity index (χ3n) is 6.04. The molecule has 5 rings (SSSR count). The first-order chi connectivity index (χ1) is 16.2. The Morgan fingerprint density at radius 1 is 0.879 bits per heavy atom. The summed E-state index contributed by atoms with van der Waals surface area (Å²) < 4.78 is 5.69. The van der Waals surface area contributed by atoms with Crippen molar-refractivity contribution in [1.29, 1.82) is 0 Å². The van der Waals surface area contributed by atoms with E-state index in [4.69, 9.17) is 4.42 Å². The maximum atomic E-state index is 12.4. The summed E-state index contributed by atoms with van der Waals surface area (Å²) in [4.78, 5) is 21.7. The van der Waals surface area contributed by atoms with Crippen LogP contribution >= 0.6 is 0 Å². The Balaban J connectivity index is 1.09. The monoisotopic (exact) mass is 440 g/mol. The lowest BCUT2D eigenvalue weighted by Gasteiger charge is -2.36. The number of piperazine rings is 1. The van der Waals surface area contributed by atoms with Crippen LogP contribution in [0.2, 0.25) is 0 Å². The molecule has 0 bridgehead atoms. The third kappa shape index (κ3) is 5.41. The number of carbonyl (C=O) groups is 1. The lowest BCUT2D eigenvalue weighted by atomic mass is 10.2. The minimum Gasteiger partial charge on any atom is -0.441 e. The van der Waals surface area contributed by atoms with E-state index in [2.05, 4.69) is 62.6 Å². The van der Waals surface area contributed by atoms with Gasteiger partial charge in [-0.3, -0.25) is 9.69 Å². The van der Waals surface area contributed by atoms with Crippen molar-refractivity contribution >= 4 is 28.4 Å². The lowest BCUT2D eigenvalue weighted by molar-refractivity contribution is -0.116. The molecule has 0 unspecified atom stereocenters. The molecule has 168 valence electrons. The topological polar surface area (TPSA) is 61.6 Å². The largest absolute Gasteiger partial charge is 0.441 e. The summed E-state index contributed by atoms with van der Waals surface area (Å²) in [6.45, 7) is 5.10. The Morgan fingerprint density at radius 2 is 1.61 bits per heavy atom. The van der Waals surface area contributed by atoms with Gasteiger partial charge in [-0.2, -0.15) is 0 Å².